The molecule has 1 aromatic rings. The maximum Gasteiger partial charge on any atom is 0.119 e. The molecule has 0 aromatic heterocycles. The average molecular weight is 261 g/mol. The molecule has 0 saturated carbocycles. The van der Waals surface area contributed by atoms with Gasteiger partial charge in [-0.1, -0.05) is 32.9 Å². The van der Waals surface area contributed by atoms with Gasteiger partial charge in [-0.2, -0.15) is 0 Å². The maximum atomic E-state index is 9.99. The van der Waals surface area contributed by atoms with Crippen molar-refractivity contribution in [3.8, 4) is 5.75 Å². The van der Waals surface area contributed by atoms with Crippen molar-refractivity contribution in [3.63, 3.8) is 0 Å². The molecule has 1 aliphatic rings. The predicted octanol–water partition coefficient (Wildman–Crippen LogP) is 3.62. The maximum absolute atomic E-state index is 9.99. The topological polar surface area (TPSA) is 23.5 Å². The summed E-state index contributed by atoms with van der Waals surface area (Å²) in [5.74, 6) is 1.11. The third kappa shape index (κ3) is 3.11. The molecule has 0 fully saturated rings. The third-order valence-electron chi connectivity index (χ3n) is 4.35. The molecule has 0 heterocycles. The number of nitrogens with zero attached hydrogens (tertiary/aromatic N) is 1. The summed E-state index contributed by atoms with van der Waals surface area (Å²) in [5.41, 5.74) is 2.53. The zero-order chi connectivity index (χ0) is 13.8. The zero-order valence-electron chi connectivity index (χ0n) is 12.5. The minimum Gasteiger partial charge on any atom is -0.508 e. The molecule has 0 aliphatic heterocycles. The molecule has 2 heteroatoms. The Kier molecular flexibility index (Phi) is 4.87. The van der Waals surface area contributed by atoms with Crippen LogP contribution in [0.1, 0.15) is 44.7 Å². The zero-order valence-corrected chi connectivity index (χ0v) is 12.5. The van der Waals surface area contributed by atoms with Gasteiger partial charge in [0.25, 0.3) is 0 Å². The van der Waals surface area contributed by atoms with Crippen LogP contribution >= 0.6 is 0 Å². The molecule has 2 atom stereocenters. The highest BCUT2D eigenvalue weighted by atomic mass is 16.3. The molecule has 0 amide bonds. The van der Waals surface area contributed by atoms with Gasteiger partial charge in [-0.3, -0.25) is 4.90 Å². The van der Waals surface area contributed by atoms with Crippen molar-refractivity contribution in [3.05, 3.63) is 29.3 Å². The van der Waals surface area contributed by atoms with Gasteiger partial charge in [0.15, 0.2) is 0 Å². The Hall–Kier alpha value is -1.02. The fraction of sp³-hybridized carbons (Fsp3) is 0.647. The Morgan fingerprint density at radius 2 is 1.84 bits per heavy atom. The first kappa shape index (κ1) is 14.4. The Balaban J connectivity index is 2.20. The molecule has 106 valence electrons. The van der Waals surface area contributed by atoms with Crippen LogP contribution in [0.4, 0.5) is 0 Å². The van der Waals surface area contributed by atoms with Crippen LogP contribution < -0.4 is 0 Å². The van der Waals surface area contributed by atoms with Gasteiger partial charge >= 0.3 is 0 Å². The molecular weight excluding hydrogens is 234 g/mol. The summed E-state index contributed by atoms with van der Waals surface area (Å²) in [7, 11) is 0. The van der Waals surface area contributed by atoms with Gasteiger partial charge in [0, 0.05) is 6.04 Å². The minimum absolute atomic E-state index is 0.486. The Bertz CT molecular complexity index is 410. The fourth-order valence-electron chi connectivity index (χ4n) is 3.44. The van der Waals surface area contributed by atoms with Crippen molar-refractivity contribution in [2.45, 2.75) is 52.5 Å². The first-order chi connectivity index (χ1) is 9.17. The number of fused-ring (bicyclic) bond motifs is 1. The molecule has 1 aromatic carbocycles. The lowest BCUT2D eigenvalue weighted by molar-refractivity contribution is 0.138. The molecule has 1 N–H and O–H groups in total. The molecule has 2 rings (SSSR count). The SMILES string of the molecule is CCCN(CCC)[C@H]1Cc2cccc(O)c2C[C@H]1C. The lowest BCUT2D eigenvalue weighted by atomic mass is 9.80. The number of phenols is 1. The van der Waals surface area contributed by atoms with Crippen molar-refractivity contribution < 1.29 is 5.11 Å². The Labute approximate surface area is 117 Å². The number of hydrogen-bond acceptors (Lipinski definition) is 2. The molecule has 0 radical (unpaired) electrons. The largest absolute Gasteiger partial charge is 0.508 e. The van der Waals surface area contributed by atoms with Gasteiger partial charge < -0.3 is 5.11 Å². The van der Waals surface area contributed by atoms with E-state index in [4.69, 9.17) is 0 Å². The Morgan fingerprint density at radius 3 is 2.47 bits per heavy atom. The van der Waals surface area contributed by atoms with Crippen molar-refractivity contribution in [1.82, 2.24) is 4.90 Å². The highest BCUT2D eigenvalue weighted by molar-refractivity contribution is 5.41. The van der Waals surface area contributed by atoms with Crippen LogP contribution in [0, 0.1) is 5.92 Å². The average Bonchev–Trinajstić information content (AvgIpc) is 2.39. The molecule has 19 heavy (non-hydrogen) atoms. The van der Waals surface area contributed by atoms with E-state index >= 15 is 0 Å². The van der Waals surface area contributed by atoms with E-state index in [1.165, 1.54) is 37.1 Å². The molecule has 0 bridgehead atoms. The second kappa shape index (κ2) is 6.42. The quantitative estimate of drug-likeness (QED) is 0.875. The van der Waals surface area contributed by atoms with E-state index in [1.807, 2.05) is 12.1 Å². The van der Waals surface area contributed by atoms with E-state index in [9.17, 15) is 5.11 Å². The highest BCUT2D eigenvalue weighted by Gasteiger charge is 2.30. The standard InChI is InChI=1S/C17H27NO/c1-4-9-18(10-5-2)16-12-14-7-6-8-17(19)15(14)11-13(16)3/h6-8,13,16,19H,4-5,9-12H2,1-3H3/t13-,16+/m1/s1. The van der Waals surface area contributed by atoms with E-state index in [0.717, 1.165) is 12.8 Å². The summed E-state index contributed by atoms with van der Waals surface area (Å²) in [6, 6.07) is 6.62. The highest BCUT2D eigenvalue weighted by Crippen LogP contribution is 2.33. The summed E-state index contributed by atoms with van der Waals surface area (Å²) >= 11 is 0. The first-order valence-electron chi connectivity index (χ1n) is 7.71. The summed E-state index contributed by atoms with van der Waals surface area (Å²) < 4.78 is 0. The van der Waals surface area contributed by atoms with Gasteiger partial charge in [0.1, 0.15) is 5.75 Å². The van der Waals surface area contributed by atoms with Gasteiger partial charge in [0.05, 0.1) is 0 Å². The van der Waals surface area contributed by atoms with Gasteiger partial charge in [-0.05, 0) is 61.9 Å². The van der Waals surface area contributed by atoms with Crippen molar-refractivity contribution in [2.75, 3.05) is 13.1 Å². The summed E-state index contributed by atoms with van der Waals surface area (Å²) in [4.78, 5) is 2.65. The van der Waals surface area contributed by atoms with E-state index in [-0.39, 0.29) is 0 Å². The van der Waals surface area contributed by atoms with Crippen molar-refractivity contribution >= 4 is 0 Å². The van der Waals surface area contributed by atoms with Crippen LogP contribution in [-0.4, -0.2) is 29.1 Å². The van der Waals surface area contributed by atoms with Crippen molar-refractivity contribution in [2.24, 2.45) is 5.92 Å². The van der Waals surface area contributed by atoms with Gasteiger partial charge in [0.2, 0.25) is 0 Å². The summed E-state index contributed by atoms with van der Waals surface area (Å²) in [6.45, 7) is 9.23. The molecule has 0 unspecified atom stereocenters. The van der Waals surface area contributed by atoms with E-state index in [1.54, 1.807) is 0 Å². The molecule has 2 nitrogen and oxygen atoms in total. The predicted molar refractivity (Wildman–Crippen MR) is 80.6 cm³/mol. The molecule has 0 spiro atoms. The molecule has 1 aliphatic carbocycles. The van der Waals surface area contributed by atoms with Crippen LogP contribution in [0.5, 0.6) is 5.75 Å². The lowest BCUT2D eigenvalue weighted by Crippen LogP contribution is -2.45. The Morgan fingerprint density at radius 1 is 1.16 bits per heavy atom. The molecular formula is C17H27NO. The minimum atomic E-state index is 0.486. The fourth-order valence-corrected chi connectivity index (χ4v) is 3.44. The smallest absolute Gasteiger partial charge is 0.119 e. The second-order valence-electron chi connectivity index (χ2n) is 5.90. The number of aromatic hydroxyl groups is 1. The van der Waals surface area contributed by atoms with Crippen LogP contribution in [0.2, 0.25) is 0 Å². The molecule has 0 saturated heterocycles. The van der Waals surface area contributed by atoms with Crippen LogP contribution in [0.3, 0.4) is 0 Å². The summed E-state index contributed by atoms with van der Waals surface area (Å²) in [5, 5.41) is 9.99. The van der Waals surface area contributed by atoms with Crippen LogP contribution in [-0.2, 0) is 12.8 Å². The van der Waals surface area contributed by atoms with Crippen LogP contribution in [0.25, 0.3) is 0 Å². The summed E-state index contributed by atoms with van der Waals surface area (Å²) in [6.07, 6.45) is 4.54. The van der Waals surface area contributed by atoms with Crippen molar-refractivity contribution in [1.29, 1.82) is 0 Å². The third-order valence-corrected chi connectivity index (χ3v) is 4.35. The monoisotopic (exact) mass is 261 g/mol. The first-order valence-corrected chi connectivity index (χ1v) is 7.71. The van der Waals surface area contributed by atoms with E-state index in [0.29, 0.717) is 17.7 Å². The normalized spacial score (nSPS) is 22.5. The van der Waals surface area contributed by atoms with E-state index < -0.39 is 0 Å². The number of phenolic OH excluding ortho intramolecular Hbond substituents is 1. The number of rotatable bonds is 5. The van der Waals surface area contributed by atoms with E-state index in [2.05, 4.69) is 31.7 Å². The lowest BCUT2D eigenvalue weighted by Gasteiger charge is -2.39. The number of benzene rings is 1. The number of hydrogen-bond donors (Lipinski definition) is 1. The van der Waals surface area contributed by atoms with Crippen LogP contribution in [0.15, 0.2) is 18.2 Å². The van der Waals surface area contributed by atoms with Gasteiger partial charge in [-0.25, -0.2) is 0 Å². The van der Waals surface area contributed by atoms with Gasteiger partial charge in [-0.15, -0.1) is 0 Å². The second-order valence-corrected chi connectivity index (χ2v) is 5.90.